The Morgan fingerprint density at radius 3 is 2.57 bits per heavy atom. The fraction of sp³-hybridized carbons (Fsp3) is 0.583. The predicted octanol–water partition coefficient (Wildman–Crippen LogP) is 2.62. The summed E-state index contributed by atoms with van der Waals surface area (Å²) in [6, 6.07) is 4.05. The summed E-state index contributed by atoms with van der Waals surface area (Å²) in [5.74, 6) is 0.663. The molecule has 1 saturated carbocycles. The quantitative estimate of drug-likeness (QED) is 0.779. The number of aromatic nitrogens is 1. The Morgan fingerprint density at radius 1 is 1.21 bits per heavy atom. The minimum absolute atomic E-state index is 0.0952. The average Bonchev–Trinajstić information content (AvgIpc) is 2.30. The van der Waals surface area contributed by atoms with Gasteiger partial charge in [-0.1, -0.05) is 25.3 Å². The first-order chi connectivity index (χ1) is 6.90. The van der Waals surface area contributed by atoms with E-state index in [9.17, 15) is 0 Å². The summed E-state index contributed by atoms with van der Waals surface area (Å²) in [4.78, 5) is 4.41. The van der Waals surface area contributed by atoms with Crippen molar-refractivity contribution < 1.29 is 5.11 Å². The normalized spacial score (nSPS) is 18.4. The summed E-state index contributed by atoms with van der Waals surface area (Å²) < 4.78 is 0. The Labute approximate surface area is 85.0 Å². The fourth-order valence-electron chi connectivity index (χ4n) is 2.17. The highest BCUT2D eigenvalue weighted by Crippen LogP contribution is 2.31. The van der Waals surface area contributed by atoms with Crippen molar-refractivity contribution in [2.24, 2.45) is 0 Å². The van der Waals surface area contributed by atoms with E-state index >= 15 is 0 Å². The van der Waals surface area contributed by atoms with Gasteiger partial charge < -0.3 is 5.11 Å². The summed E-state index contributed by atoms with van der Waals surface area (Å²) in [6.45, 7) is 0.0952. The molecule has 0 aliphatic heterocycles. The third-order valence-electron chi connectivity index (χ3n) is 3.05. The molecule has 1 aliphatic rings. The predicted molar refractivity (Wildman–Crippen MR) is 56.0 cm³/mol. The van der Waals surface area contributed by atoms with Gasteiger partial charge in [0.15, 0.2) is 0 Å². The van der Waals surface area contributed by atoms with Crippen LogP contribution >= 0.6 is 0 Å². The van der Waals surface area contributed by atoms with Gasteiger partial charge in [-0.2, -0.15) is 0 Å². The first kappa shape index (κ1) is 9.66. The van der Waals surface area contributed by atoms with E-state index in [0.29, 0.717) is 5.92 Å². The van der Waals surface area contributed by atoms with Crippen LogP contribution in [0.3, 0.4) is 0 Å². The molecule has 2 rings (SSSR count). The van der Waals surface area contributed by atoms with E-state index in [0.717, 1.165) is 5.56 Å². The van der Waals surface area contributed by atoms with Gasteiger partial charge in [-0.3, -0.25) is 4.98 Å². The van der Waals surface area contributed by atoms with Gasteiger partial charge in [-0.15, -0.1) is 0 Å². The summed E-state index contributed by atoms with van der Waals surface area (Å²) in [5, 5.41) is 8.90. The van der Waals surface area contributed by atoms with Gasteiger partial charge in [0.2, 0.25) is 0 Å². The maximum absolute atomic E-state index is 8.90. The second-order valence-corrected chi connectivity index (χ2v) is 4.08. The molecule has 0 radical (unpaired) electrons. The van der Waals surface area contributed by atoms with Gasteiger partial charge in [-0.05, 0) is 24.5 Å². The van der Waals surface area contributed by atoms with E-state index in [4.69, 9.17) is 5.11 Å². The minimum Gasteiger partial charge on any atom is -0.392 e. The van der Waals surface area contributed by atoms with Gasteiger partial charge in [0, 0.05) is 17.8 Å². The maximum atomic E-state index is 8.90. The lowest BCUT2D eigenvalue weighted by molar-refractivity contribution is 0.281. The fourth-order valence-corrected chi connectivity index (χ4v) is 2.17. The van der Waals surface area contributed by atoms with Gasteiger partial charge in [0.05, 0.1) is 6.61 Å². The first-order valence-corrected chi connectivity index (χ1v) is 5.46. The number of aliphatic hydroxyl groups excluding tert-OH is 1. The number of pyridine rings is 1. The smallest absolute Gasteiger partial charge is 0.0696 e. The zero-order valence-corrected chi connectivity index (χ0v) is 8.45. The summed E-state index contributed by atoms with van der Waals surface area (Å²) in [7, 11) is 0. The molecule has 0 atom stereocenters. The largest absolute Gasteiger partial charge is 0.392 e. The van der Waals surface area contributed by atoms with Crippen molar-refractivity contribution in [2.45, 2.75) is 44.6 Å². The number of rotatable bonds is 2. The molecule has 0 unspecified atom stereocenters. The van der Waals surface area contributed by atoms with E-state index in [2.05, 4.69) is 11.1 Å². The second-order valence-electron chi connectivity index (χ2n) is 4.08. The lowest BCUT2D eigenvalue weighted by Gasteiger charge is -2.20. The van der Waals surface area contributed by atoms with E-state index in [-0.39, 0.29) is 6.61 Å². The van der Waals surface area contributed by atoms with Crippen LogP contribution in [0.1, 0.15) is 49.3 Å². The molecule has 0 spiro atoms. The van der Waals surface area contributed by atoms with Crippen molar-refractivity contribution in [3.05, 3.63) is 29.6 Å². The van der Waals surface area contributed by atoms with Crippen LogP contribution in [0.4, 0.5) is 0 Å². The van der Waals surface area contributed by atoms with E-state index in [1.807, 2.05) is 6.07 Å². The Kier molecular flexibility index (Phi) is 3.14. The van der Waals surface area contributed by atoms with Crippen LogP contribution in [0.5, 0.6) is 0 Å². The highest BCUT2D eigenvalue weighted by molar-refractivity contribution is 5.16. The monoisotopic (exact) mass is 191 g/mol. The van der Waals surface area contributed by atoms with Crippen molar-refractivity contribution in [1.29, 1.82) is 0 Å². The minimum atomic E-state index is 0.0952. The summed E-state index contributed by atoms with van der Waals surface area (Å²) in [6.07, 6.45) is 8.42. The zero-order valence-electron chi connectivity index (χ0n) is 8.45. The molecule has 76 valence electrons. The zero-order chi connectivity index (χ0) is 9.80. The molecule has 1 fully saturated rings. The molecule has 1 aliphatic carbocycles. The summed E-state index contributed by atoms with van der Waals surface area (Å²) in [5.41, 5.74) is 2.12. The summed E-state index contributed by atoms with van der Waals surface area (Å²) >= 11 is 0. The van der Waals surface area contributed by atoms with Gasteiger partial charge >= 0.3 is 0 Å². The van der Waals surface area contributed by atoms with Gasteiger partial charge in [0.1, 0.15) is 0 Å². The molecule has 14 heavy (non-hydrogen) atoms. The van der Waals surface area contributed by atoms with Crippen molar-refractivity contribution >= 4 is 0 Å². The number of aliphatic hydroxyl groups is 1. The molecule has 1 N–H and O–H groups in total. The van der Waals surface area contributed by atoms with Crippen molar-refractivity contribution in [3.63, 3.8) is 0 Å². The molecule has 0 saturated heterocycles. The lowest BCUT2D eigenvalue weighted by atomic mass is 9.86. The molecule has 2 nitrogen and oxygen atoms in total. The first-order valence-electron chi connectivity index (χ1n) is 5.46. The topological polar surface area (TPSA) is 33.1 Å². The lowest BCUT2D eigenvalue weighted by Crippen LogP contribution is -2.06. The van der Waals surface area contributed by atoms with Gasteiger partial charge in [0.25, 0.3) is 0 Å². The van der Waals surface area contributed by atoms with Crippen LogP contribution in [-0.4, -0.2) is 10.1 Å². The molecule has 2 heteroatoms. The molecular formula is C12H17NO. The van der Waals surface area contributed by atoms with Crippen LogP contribution < -0.4 is 0 Å². The van der Waals surface area contributed by atoms with Crippen molar-refractivity contribution in [2.75, 3.05) is 0 Å². The van der Waals surface area contributed by atoms with Gasteiger partial charge in [-0.25, -0.2) is 0 Å². The molecule has 0 bridgehead atoms. The Morgan fingerprint density at radius 2 is 2.00 bits per heavy atom. The second kappa shape index (κ2) is 4.56. The Bertz CT molecular complexity index is 275. The van der Waals surface area contributed by atoms with Crippen molar-refractivity contribution in [1.82, 2.24) is 4.98 Å². The van der Waals surface area contributed by atoms with Crippen molar-refractivity contribution in [3.8, 4) is 0 Å². The average molecular weight is 191 g/mol. The van der Waals surface area contributed by atoms with Crippen LogP contribution in [0.2, 0.25) is 0 Å². The van der Waals surface area contributed by atoms with Crippen LogP contribution in [0.25, 0.3) is 0 Å². The third kappa shape index (κ3) is 2.13. The Hall–Kier alpha value is -0.890. The molecule has 0 aromatic carbocycles. The molecule has 1 aromatic heterocycles. The molecular weight excluding hydrogens is 174 g/mol. The highest BCUT2D eigenvalue weighted by atomic mass is 16.3. The van der Waals surface area contributed by atoms with E-state index in [1.54, 1.807) is 6.20 Å². The molecule has 1 heterocycles. The molecule has 0 amide bonds. The number of hydrogen-bond donors (Lipinski definition) is 1. The third-order valence-corrected chi connectivity index (χ3v) is 3.05. The highest BCUT2D eigenvalue weighted by Gasteiger charge is 2.16. The van der Waals surface area contributed by atoms with E-state index in [1.165, 1.54) is 37.8 Å². The number of nitrogens with zero attached hydrogens (tertiary/aromatic N) is 1. The molecule has 1 aromatic rings. The van der Waals surface area contributed by atoms with Crippen LogP contribution in [-0.2, 0) is 6.61 Å². The maximum Gasteiger partial charge on any atom is 0.0696 e. The number of hydrogen-bond acceptors (Lipinski definition) is 2. The van der Waals surface area contributed by atoms with Crippen LogP contribution in [0.15, 0.2) is 18.3 Å². The SMILES string of the molecule is OCc1ccc(C2CCCCC2)nc1. The van der Waals surface area contributed by atoms with Crippen LogP contribution in [0, 0.1) is 0 Å². The standard InChI is InChI=1S/C12H17NO/c14-9-10-6-7-12(13-8-10)11-4-2-1-3-5-11/h6-8,11,14H,1-5,9H2. The van der Waals surface area contributed by atoms with E-state index < -0.39 is 0 Å². The Balaban J connectivity index is 2.07.